The molecule has 3 heterocycles. The second-order valence-electron chi connectivity index (χ2n) is 7.58. The number of rotatable bonds is 3. The van der Waals surface area contributed by atoms with Crippen LogP contribution in [0.15, 0.2) is 18.5 Å². The molecule has 3 aromatic rings. The highest BCUT2D eigenvalue weighted by Crippen LogP contribution is 2.09. The second-order valence-corrected chi connectivity index (χ2v) is 7.58. The maximum absolute atomic E-state index is 8.12. The van der Waals surface area contributed by atoms with Crippen molar-refractivity contribution in [3.05, 3.63) is 35.7 Å². The minimum atomic E-state index is 0. The Labute approximate surface area is 238 Å². The van der Waals surface area contributed by atoms with E-state index in [1.165, 1.54) is 4.80 Å². The molecule has 0 spiro atoms. The zero-order chi connectivity index (χ0) is 28.7. The molecular weight excluding hydrogens is 522 g/mol. The Hall–Kier alpha value is -4.44. The van der Waals surface area contributed by atoms with Gasteiger partial charge in [0.2, 0.25) is 0 Å². The van der Waals surface area contributed by atoms with Crippen molar-refractivity contribution in [2.24, 2.45) is 21.1 Å². The van der Waals surface area contributed by atoms with E-state index < -0.39 is 0 Å². The number of aryl methyl sites for hydroxylation is 3. The van der Waals surface area contributed by atoms with Crippen LogP contribution in [0.4, 0.5) is 0 Å². The third-order valence-electron chi connectivity index (χ3n) is 3.58. The molecule has 0 radical (unpaired) electrons. The van der Waals surface area contributed by atoms with E-state index in [1.807, 2.05) is 51.1 Å². The summed E-state index contributed by atoms with van der Waals surface area (Å²) in [5, 5.41) is 23.5. The number of aromatic nitrogens is 9. The lowest BCUT2D eigenvalue weighted by molar-refractivity contribution is -0.193. The SMILES string of the molecule is C.C.C.C.CC(C)c1ccn(C)n1.CC(C)c1cn(C)nn1.CC(C)c1nnn(C)n1.O=C=O.O=C=O.O=C=O. The second kappa shape index (κ2) is 32.6. The molecule has 0 atom stereocenters. The molecule has 0 aromatic carbocycles. The molecule has 0 aliphatic rings. The average molecular weight is 572 g/mol. The lowest BCUT2D eigenvalue weighted by Gasteiger charge is -1.95. The Morgan fingerprint density at radius 3 is 1.18 bits per heavy atom. The van der Waals surface area contributed by atoms with Crippen LogP contribution in [-0.4, -0.2) is 63.4 Å². The van der Waals surface area contributed by atoms with Crippen molar-refractivity contribution in [1.29, 1.82) is 0 Å². The van der Waals surface area contributed by atoms with E-state index in [-0.39, 0.29) is 48.2 Å². The lowest BCUT2D eigenvalue weighted by Crippen LogP contribution is -1.94. The molecule has 0 fully saturated rings. The average Bonchev–Trinajstić information content (AvgIpc) is 3.52. The molecule has 3 rings (SSSR count). The molecule has 0 aliphatic heterocycles. The maximum Gasteiger partial charge on any atom is 0.373 e. The van der Waals surface area contributed by atoms with Crippen LogP contribution in [0.1, 0.15) is 106 Å². The minimum Gasteiger partial charge on any atom is -0.276 e. The fraction of sp³-hybridized carbons (Fsp3) is 0.640. The van der Waals surface area contributed by atoms with Crippen LogP contribution in [0, 0.1) is 0 Å². The highest BCUT2D eigenvalue weighted by molar-refractivity contribution is 5.20. The third kappa shape index (κ3) is 29.8. The summed E-state index contributed by atoms with van der Waals surface area (Å²) in [5.41, 5.74) is 2.22. The quantitative estimate of drug-likeness (QED) is 0.443. The van der Waals surface area contributed by atoms with Crippen molar-refractivity contribution in [3.8, 4) is 0 Å². The van der Waals surface area contributed by atoms with Crippen molar-refractivity contribution in [2.75, 3.05) is 0 Å². The van der Waals surface area contributed by atoms with Gasteiger partial charge in [0.1, 0.15) is 0 Å². The van der Waals surface area contributed by atoms with E-state index in [9.17, 15) is 0 Å². The Morgan fingerprint density at radius 1 is 0.600 bits per heavy atom. The summed E-state index contributed by atoms with van der Waals surface area (Å²) >= 11 is 0. The van der Waals surface area contributed by atoms with Gasteiger partial charge in [0.25, 0.3) is 0 Å². The molecule has 0 aliphatic carbocycles. The van der Waals surface area contributed by atoms with Crippen LogP contribution in [0.25, 0.3) is 0 Å². The summed E-state index contributed by atoms with van der Waals surface area (Å²) in [6, 6.07) is 2.05. The molecule has 230 valence electrons. The summed E-state index contributed by atoms with van der Waals surface area (Å²) in [6.45, 7) is 12.6. The monoisotopic (exact) mass is 571 g/mol. The van der Waals surface area contributed by atoms with Crippen LogP contribution in [0.2, 0.25) is 0 Å². The Balaban J connectivity index is -0.0000000682. The fourth-order valence-electron chi connectivity index (χ4n) is 1.90. The van der Waals surface area contributed by atoms with Gasteiger partial charge >= 0.3 is 18.5 Å². The zero-order valence-corrected chi connectivity index (χ0v) is 21.9. The summed E-state index contributed by atoms with van der Waals surface area (Å²) in [7, 11) is 5.57. The minimum absolute atomic E-state index is 0. The largest absolute Gasteiger partial charge is 0.373 e. The van der Waals surface area contributed by atoms with E-state index in [1.54, 1.807) is 11.7 Å². The third-order valence-corrected chi connectivity index (χ3v) is 3.58. The first-order valence-corrected chi connectivity index (χ1v) is 10.4. The summed E-state index contributed by atoms with van der Waals surface area (Å²) in [6.07, 6.45) is 4.65. The van der Waals surface area contributed by atoms with Crippen LogP contribution >= 0.6 is 0 Å². The standard InChI is InChI=1S/C7H12N2.C6H11N3.C5H10N4.3CO2.4CH4/c1-6(2)7-4-5-9(3)8-7;1-5(2)6-4-9(3)8-7-6;1-4(2)5-6-8-9(3)7-5;3*2-1-3;;;;/h4-6H,1-3H3;4-5H,1-3H3;4H,1-3H3;;;;4*1H4. The molecule has 15 nitrogen and oxygen atoms in total. The topological polar surface area (TPSA) is 195 Å². The highest BCUT2D eigenvalue weighted by atomic mass is 16.2. The normalized spacial score (nSPS) is 7.80. The van der Waals surface area contributed by atoms with Crippen molar-refractivity contribution in [2.45, 2.75) is 89.0 Å². The Bertz CT molecular complexity index is 921. The van der Waals surface area contributed by atoms with Crippen LogP contribution in [0.5, 0.6) is 0 Å². The summed E-state index contributed by atoms with van der Waals surface area (Å²) < 4.78 is 3.55. The van der Waals surface area contributed by atoms with Crippen molar-refractivity contribution < 1.29 is 28.8 Å². The number of tetrazole rings is 1. The van der Waals surface area contributed by atoms with Gasteiger partial charge in [-0.25, -0.2) is 0 Å². The highest BCUT2D eigenvalue weighted by Gasteiger charge is 2.03. The van der Waals surface area contributed by atoms with Gasteiger partial charge in [-0.1, -0.05) is 76.5 Å². The first-order valence-electron chi connectivity index (χ1n) is 10.4. The van der Waals surface area contributed by atoms with E-state index in [4.69, 9.17) is 28.8 Å². The number of nitrogens with zero attached hydrogens (tertiary/aromatic N) is 9. The first kappa shape index (κ1) is 52.1. The van der Waals surface area contributed by atoms with Gasteiger partial charge in [0.05, 0.1) is 18.4 Å². The van der Waals surface area contributed by atoms with Gasteiger partial charge in [0, 0.05) is 32.4 Å². The van der Waals surface area contributed by atoms with Crippen LogP contribution in [0.3, 0.4) is 0 Å². The van der Waals surface area contributed by atoms with Gasteiger partial charge < -0.3 is 0 Å². The summed E-state index contributed by atoms with van der Waals surface area (Å²) in [5.74, 6) is 2.21. The van der Waals surface area contributed by atoms with Gasteiger partial charge in [-0.15, -0.1) is 15.3 Å². The van der Waals surface area contributed by atoms with Gasteiger partial charge in [0.15, 0.2) is 5.82 Å². The molecular formula is C25H49N9O6. The number of carbonyl (C=O) groups excluding carboxylic acids is 6. The van der Waals surface area contributed by atoms with E-state index >= 15 is 0 Å². The molecule has 0 amide bonds. The fourth-order valence-corrected chi connectivity index (χ4v) is 1.90. The van der Waals surface area contributed by atoms with E-state index in [0.29, 0.717) is 17.8 Å². The molecule has 0 bridgehead atoms. The Kier molecular flexibility index (Phi) is 42.4. The molecule has 0 unspecified atom stereocenters. The molecule has 40 heavy (non-hydrogen) atoms. The molecule has 0 saturated heterocycles. The van der Waals surface area contributed by atoms with E-state index in [0.717, 1.165) is 17.2 Å². The number of hydrogen-bond donors (Lipinski definition) is 0. The number of hydrogen-bond acceptors (Lipinski definition) is 12. The molecule has 15 heteroatoms. The summed E-state index contributed by atoms with van der Waals surface area (Å²) in [4.78, 5) is 50.2. The van der Waals surface area contributed by atoms with Crippen LogP contribution < -0.4 is 0 Å². The van der Waals surface area contributed by atoms with Crippen molar-refractivity contribution in [1.82, 2.24) is 45.0 Å². The van der Waals surface area contributed by atoms with Crippen LogP contribution in [-0.2, 0) is 49.9 Å². The smallest absolute Gasteiger partial charge is 0.276 e. The van der Waals surface area contributed by atoms with Gasteiger partial charge in [-0.05, 0) is 23.1 Å². The molecule has 0 N–H and O–H groups in total. The Morgan fingerprint density at radius 2 is 1.02 bits per heavy atom. The van der Waals surface area contributed by atoms with E-state index in [2.05, 4.69) is 58.5 Å². The predicted octanol–water partition coefficient (Wildman–Crippen LogP) is 3.61. The van der Waals surface area contributed by atoms with Gasteiger partial charge in [-0.2, -0.15) is 38.7 Å². The lowest BCUT2D eigenvalue weighted by atomic mass is 10.1. The van der Waals surface area contributed by atoms with Crippen molar-refractivity contribution >= 4 is 18.5 Å². The maximum atomic E-state index is 8.12. The zero-order valence-electron chi connectivity index (χ0n) is 21.9. The van der Waals surface area contributed by atoms with Gasteiger partial charge in [-0.3, -0.25) is 9.36 Å². The molecule has 3 aromatic heterocycles. The molecule has 0 saturated carbocycles. The first-order chi connectivity index (χ1) is 16.8. The van der Waals surface area contributed by atoms with Crippen molar-refractivity contribution in [3.63, 3.8) is 0 Å². The predicted molar refractivity (Wildman–Crippen MR) is 147 cm³/mol.